The Hall–Kier alpha value is -0.870. The first-order valence-corrected chi connectivity index (χ1v) is 5.08. The minimum Gasteiger partial charge on any atom is -0.469 e. The Balaban J connectivity index is 2.53. The molecule has 2 aromatic rings. The van der Waals surface area contributed by atoms with E-state index in [-0.39, 0.29) is 0 Å². The largest absolute Gasteiger partial charge is 0.469 e. The molecule has 3 nitrogen and oxygen atoms in total. The molecule has 0 amide bonds. The standard InChI is InChI=1S/C9H6BrClN2O/c1-5-6(2-3-14-5)9-12-4-7(10)8(11)13-9/h2-4H,1H3. The predicted molar refractivity (Wildman–Crippen MR) is 57.2 cm³/mol. The smallest absolute Gasteiger partial charge is 0.164 e. The summed E-state index contributed by atoms with van der Waals surface area (Å²) in [6, 6.07) is 1.81. The highest BCUT2D eigenvalue weighted by Gasteiger charge is 2.09. The Morgan fingerprint density at radius 1 is 1.50 bits per heavy atom. The first kappa shape index (κ1) is 9.68. The van der Waals surface area contributed by atoms with Crippen LogP contribution >= 0.6 is 27.5 Å². The lowest BCUT2D eigenvalue weighted by Crippen LogP contribution is -1.89. The van der Waals surface area contributed by atoms with Crippen molar-refractivity contribution in [3.63, 3.8) is 0 Å². The van der Waals surface area contributed by atoms with Gasteiger partial charge in [0, 0.05) is 6.20 Å². The molecule has 72 valence electrons. The maximum Gasteiger partial charge on any atom is 0.164 e. The van der Waals surface area contributed by atoms with Gasteiger partial charge in [0.1, 0.15) is 10.9 Å². The minimum atomic E-state index is 0.399. The molecule has 0 N–H and O–H groups in total. The molecule has 2 rings (SSSR count). The van der Waals surface area contributed by atoms with E-state index >= 15 is 0 Å². The van der Waals surface area contributed by atoms with Crippen LogP contribution in [0.3, 0.4) is 0 Å². The summed E-state index contributed by atoms with van der Waals surface area (Å²) in [7, 11) is 0. The lowest BCUT2D eigenvalue weighted by molar-refractivity contribution is 0.535. The molecule has 14 heavy (non-hydrogen) atoms. The summed E-state index contributed by atoms with van der Waals surface area (Å²) in [5, 5.41) is 0.399. The zero-order valence-corrected chi connectivity index (χ0v) is 9.63. The van der Waals surface area contributed by atoms with Gasteiger partial charge in [0.05, 0.1) is 16.3 Å². The summed E-state index contributed by atoms with van der Waals surface area (Å²) in [5.74, 6) is 1.35. The second-order valence-corrected chi connectivity index (χ2v) is 3.94. The number of rotatable bonds is 1. The number of hydrogen-bond donors (Lipinski definition) is 0. The number of hydrogen-bond acceptors (Lipinski definition) is 3. The molecule has 0 aliphatic rings. The van der Waals surface area contributed by atoms with E-state index in [1.807, 2.05) is 13.0 Å². The molecule has 0 saturated carbocycles. The quantitative estimate of drug-likeness (QED) is 0.747. The number of furan rings is 1. The van der Waals surface area contributed by atoms with Crippen LogP contribution in [0.1, 0.15) is 5.76 Å². The molecule has 0 atom stereocenters. The number of aryl methyl sites for hydroxylation is 1. The van der Waals surface area contributed by atoms with Gasteiger partial charge in [0.15, 0.2) is 5.82 Å². The van der Waals surface area contributed by atoms with E-state index < -0.39 is 0 Å². The zero-order valence-electron chi connectivity index (χ0n) is 7.29. The highest BCUT2D eigenvalue weighted by atomic mass is 79.9. The van der Waals surface area contributed by atoms with E-state index in [0.29, 0.717) is 15.5 Å². The van der Waals surface area contributed by atoms with Crippen molar-refractivity contribution in [3.8, 4) is 11.4 Å². The lowest BCUT2D eigenvalue weighted by atomic mass is 10.2. The molecule has 2 aromatic heterocycles. The molecular formula is C9H6BrClN2O. The molecule has 0 bridgehead atoms. The van der Waals surface area contributed by atoms with Gasteiger partial charge in [0.25, 0.3) is 0 Å². The molecule has 0 unspecified atom stereocenters. The van der Waals surface area contributed by atoms with Gasteiger partial charge in [-0.15, -0.1) is 0 Å². The van der Waals surface area contributed by atoms with Crippen LogP contribution in [0.15, 0.2) is 27.4 Å². The summed E-state index contributed by atoms with van der Waals surface area (Å²) >= 11 is 9.09. The topological polar surface area (TPSA) is 38.9 Å². The maximum atomic E-state index is 5.85. The summed E-state index contributed by atoms with van der Waals surface area (Å²) in [6.45, 7) is 1.86. The maximum absolute atomic E-state index is 5.85. The highest BCUT2D eigenvalue weighted by Crippen LogP contribution is 2.25. The molecule has 0 radical (unpaired) electrons. The predicted octanol–water partition coefficient (Wildman–Crippen LogP) is 3.46. The van der Waals surface area contributed by atoms with Gasteiger partial charge in [-0.1, -0.05) is 11.6 Å². The first-order chi connectivity index (χ1) is 6.68. The Bertz CT molecular complexity index is 470. The Morgan fingerprint density at radius 2 is 2.29 bits per heavy atom. The van der Waals surface area contributed by atoms with Gasteiger partial charge in [-0.25, -0.2) is 9.97 Å². The van der Waals surface area contributed by atoms with Crippen molar-refractivity contribution in [1.29, 1.82) is 0 Å². The van der Waals surface area contributed by atoms with Gasteiger partial charge in [-0.2, -0.15) is 0 Å². The monoisotopic (exact) mass is 272 g/mol. The van der Waals surface area contributed by atoms with E-state index in [2.05, 4.69) is 25.9 Å². The van der Waals surface area contributed by atoms with Gasteiger partial charge in [-0.05, 0) is 28.9 Å². The zero-order chi connectivity index (χ0) is 10.1. The molecule has 0 spiro atoms. The van der Waals surface area contributed by atoms with Gasteiger partial charge in [0.2, 0.25) is 0 Å². The van der Waals surface area contributed by atoms with Crippen molar-refractivity contribution in [2.45, 2.75) is 6.92 Å². The van der Waals surface area contributed by atoms with Gasteiger partial charge in [-0.3, -0.25) is 0 Å². The molecule has 0 saturated heterocycles. The van der Waals surface area contributed by atoms with E-state index in [9.17, 15) is 0 Å². The van der Waals surface area contributed by atoms with Gasteiger partial charge >= 0.3 is 0 Å². The van der Waals surface area contributed by atoms with Crippen LogP contribution in [0.4, 0.5) is 0 Å². The van der Waals surface area contributed by atoms with Crippen molar-refractivity contribution in [1.82, 2.24) is 9.97 Å². The van der Waals surface area contributed by atoms with Crippen LogP contribution in [0.5, 0.6) is 0 Å². The van der Waals surface area contributed by atoms with Crippen LogP contribution in [0, 0.1) is 6.92 Å². The molecule has 0 aliphatic carbocycles. The van der Waals surface area contributed by atoms with Crippen LogP contribution in [-0.4, -0.2) is 9.97 Å². The van der Waals surface area contributed by atoms with Crippen LogP contribution in [-0.2, 0) is 0 Å². The summed E-state index contributed by atoms with van der Waals surface area (Å²) in [6.07, 6.45) is 3.22. The molecule has 0 aromatic carbocycles. The van der Waals surface area contributed by atoms with Crippen LogP contribution < -0.4 is 0 Å². The average molecular weight is 274 g/mol. The van der Waals surface area contributed by atoms with E-state index in [1.165, 1.54) is 0 Å². The van der Waals surface area contributed by atoms with E-state index in [4.69, 9.17) is 16.0 Å². The average Bonchev–Trinajstić information content (AvgIpc) is 2.57. The normalized spacial score (nSPS) is 10.5. The summed E-state index contributed by atoms with van der Waals surface area (Å²) in [4.78, 5) is 8.26. The molecule has 2 heterocycles. The fourth-order valence-electron chi connectivity index (χ4n) is 1.09. The molecular weight excluding hydrogens is 267 g/mol. The number of nitrogens with zero attached hydrogens (tertiary/aromatic N) is 2. The fraction of sp³-hybridized carbons (Fsp3) is 0.111. The second kappa shape index (κ2) is 3.71. The van der Waals surface area contributed by atoms with E-state index in [0.717, 1.165) is 11.3 Å². The number of aromatic nitrogens is 2. The SMILES string of the molecule is Cc1occc1-c1ncc(Br)c(Cl)n1. The molecule has 0 fully saturated rings. The first-order valence-electron chi connectivity index (χ1n) is 3.91. The number of halogens is 2. The van der Waals surface area contributed by atoms with Crippen LogP contribution in [0.2, 0.25) is 5.15 Å². The fourth-order valence-corrected chi connectivity index (χ4v) is 1.41. The van der Waals surface area contributed by atoms with Crippen molar-refractivity contribution >= 4 is 27.5 Å². The Labute approximate surface area is 94.3 Å². The van der Waals surface area contributed by atoms with Gasteiger partial charge < -0.3 is 4.42 Å². The van der Waals surface area contributed by atoms with Crippen molar-refractivity contribution in [2.75, 3.05) is 0 Å². The minimum absolute atomic E-state index is 0.399. The third-order valence-corrected chi connectivity index (χ3v) is 2.90. The molecule has 0 aliphatic heterocycles. The second-order valence-electron chi connectivity index (χ2n) is 2.72. The highest BCUT2D eigenvalue weighted by molar-refractivity contribution is 9.10. The lowest BCUT2D eigenvalue weighted by Gasteiger charge is -1.99. The summed E-state index contributed by atoms with van der Waals surface area (Å²) in [5.41, 5.74) is 0.861. The third-order valence-electron chi connectivity index (χ3n) is 1.80. The third kappa shape index (κ3) is 1.67. The Morgan fingerprint density at radius 3 is 2.86 bits per heavy atom. The summed E-state index contributed by atoms with van der Waals surface area (Å²) < 4.78 is 5.84. The van der Waals surface area contributed by atoms with E-state index in [1.54, 1.807) is 12.5 Å². The van der Waals surface area contributed by atoms with Crippen molar-refractivity contribution < 1.29 is 4.42 Å². The Kier molecular flexibility index (Phi) is 2.56. The van der Waals surface area contributed by atoms with Crippen molar-refractivity contribution in [3.05, 3.63) is 33.9 Å². The van der Waals surface area contributed by atoms with Crippen LogP contribution in [0.25, 0.3) is 11.4 Å². The van der Waals surface area contributed by atoms with Crippen molar-refractivity contribution in [2.24, 2.45) is 0 Å². The molecule has 5 heteroatoms.